The molecule has 9 heteroatoms. The van der Waals surface area contributed by atoms with Crippen molar-refractivity contribution < 1.29 is 21.6 Å². The second-order valence-corrected chi connectivity index (χ2v) is 12.1. The lowest BCUT2D eigenvalue weighted by atomic mass is 10.1. The fourth-order valence-corrected chi connectivity index (χ4v) is 9.15. The highest BCUT2D eigenvalue weighted by molar-refractivity contribution is 7.96. The molecule has 0 unspecified atom stereocenters. The molecule has 0 spiro atoms. The first kappa shape index (κ1) is 21.1. The Bertz CT molecular complexity index is 1080. The molecule has 0 saturated carbocycles. The van der Waals surface area contributed by atoms with Crippen molar-refractivity contribution in [1.29, 1.82) is 0 Å². The van der Waals surface area contributed by atoms with Crippen molar-refractivity contribution in [3.05, 3.63) is 54.6 Å². The molecule has 2 saturated heterocycles. The van der Waals surface area contributed by atoms with Crippen LogP contribution in [0.15, 0.2) is 59.5 Å². The minimum absolute atomic E-state index is 0.113. The van der Waals surface area contributed by atoms with Gasteiger partial charge in [-0.2, -0.15) is 0 Å². The van der Waals surface area contributed by atoms with Crippen LogP contribution >= 0.6 is 0 Å². The molecule has 2 atom stereocenters. The molecule has 0 bridgehead atoms. The number of rotatable bonds is 5. The van der Waals surface area contributed by atoms with Gasteiger partial charge >= 0.3 is 0 Å². The summed E-state index contributed by atoms with van der Waals surface area (Å²) in [6.45, 7) is 2.72. The average Bonchev–Trinajstić information content (AvgIpc) is 3.11. The fraction of sp³-hybridized carbons (Fsp3) is 0.429. The Hall–Kier alpha value is -2.10. The highest BCUT2D eigenvalue weighted by Gasteiger charge is 2.48. The van der Waals surface area contributed by atoms with Crippen LogP contribution in [0.1, 0.15) is 0 Å². The lowest BCUT2D eigenvalue weighted by Crippen LogP contribution is -2.55. The Morgan fingerprint density at radius 3 is 2.13 bits per heavy atom. The quantitative estimate of drug-likeness (QED) is 0.682. The Morgan fingerprint density at radius 1 is 0.900 bits per heavy atom. The van der Waals surface area contributed by atoms with E-state index < -0.39 is 31.0 Å². The maximum Gasteiger partial charge on any atom is 0.183 e. The van der Waals surface area contributed by atoms with Crippen molar-refractivity contribution in [2.75, 3.05) is 49.7 Å². The maximum atomic E-state index is 13.3. The molecule has 4 rings (SSSR count). The standard InChI is InChI=1S/C21H26N2O5S2/c1-28-18-7-9-19(10-8-18)30(26,27)21-16-29(24,25)15-20(21)23-13-11-22(12-14-23)17-5-3-2-4-6-17/h2-10,20-21H,11-16H2,1H3/t20-,21-/m0/s1. The summed E-state index contributed by atoms with van der Waals surface area (Å²) in [6.07, 6.45) is 0. The lowest BCUT2D eigenvalue weighted by Gasteiger charge is -2.40. The second kappa shape index (κ2) is 8.20. The van der Waals surface area contributed by atoms with Crippen LogP contribution in [0.5, 0.6) is 5.75 Å². The van der Waals surface area contributed by atoms with Gasteiger partial charge in [0.2, 0.25) is 0 Å². The van der Waals surface area contributed by atoms with Gasteiger partial charge < -0.3 is 9.64 Å². The molecular formula is C21H26N2O5S2. The van der Waals surface area contributed by atoms with Gasteiger partial charge in [-0.15, -0.1) is 0 Å². The molecule has 2 fully saturated rings. The molecule has 0 amide bonds. The van der Waals surface area contributed by atoms with Gasteiger partial charge in [-0.05, 0) is 36.4 Å². The maximum absolute atomic E-state index is 13.3. The Balaban J connectivity index is 1.54. The number of hydrogen-bond acceptors (Lipinski definition) is 7. The molecule has 0 aromatic heterocycles. The summed E-state index contributed by atoms with van der Waals surface area (Å²) < 4.78 is 56.6. The molecule has 2 aromatic carbocycles. The second-order valence-electron chi connectivity index (χ2n) is 7.76. The third kappa shape index (κ3) is 4.19. The van der Waals surface area contributed by atoms with Crippen molar-refractivity contribution >= 4 is 25.4 Å². The van der Waals surface area contributed by atoms with Gasteiger partial charge in [0.05, 0.1) is 28.8 Å². The van der Waals surface area contributed by atoms with Gasteiger partial charge in [0, 0.05) is 37.9 Å². The topological polar surface area (TPSA) is 84.0 Å². The van der Waals surface area contributed by atoms with Crippen LogP contribution in [0.3, 0.4) is 0 Å². The van der Waals surface area contributed by atoms with E-state index in [1.807, 2.05) is 35.2 Å². The van der Waals surface area contributed by atoms with E-state index in [0.29, 0.717) is 18.8 Å². The number of sulfone groups is 2. The molecule has 30 heavy (non-hydrogen) atoms. The van der Waals surface area contributed by atoms with Gasteiger partial charge in [0.15, 0.2) is 19.7 Å². The number of anilines is 1. The zero-order valence-electron chi connectivity index (χ0n) is 16.8. The van der Waals surface area contributed by atoms with E-state index >= 15 is 0 Å². The van der Waals surface area contributed by atoms with Gasteiger partial charge in [-0.25, -0.2) is 16.8 Å². The van der Waals surface area contributed by atoms with Gasteiger partial charge in [-0.3, -0.25) is 4.90 Å². The van der Waals surface area contributed by atoms with Crippen LogP contribution in [0, 0.1) is 0 Å². The summed E-state index contributed by atoms with van der Waals surface area (Å²) in [5.41, 5.74) is 1.12. The van der Waals surface area contributed by atoms with E-state index in [9.17, 15) is 16.8 Å². The number of para-hydroxylation sites is 1. The van der Waals surface area contributed by atoms with Crippen LogP contribution in [0.4, 0.5) is 5.69 Å². The Kier molecular flexibility index (Phi) is 5.78. The summed E-state index contributed by atoms with van der Waals surface area (Å²) >= 11 is 0. The molecule has 0 N–H and O–H groups in total. The molecule has 2 heterocycles. The largest absolute Gasteiger partial charge is 0.497 e. The van der Waals surface area contributed by atoms with Gasteiger partial charge in [0.1, 0.15) is 5.75 Å². The van der Waals surface area contributed by atoms with Crippen molar-refractivity contribution in [3.8, 4) is 5.75 Å². The molecule has 2 aliphatic heterocycles. The molecular weight excluding hydrogens is 424 g/mol. The van der Waals surface area contributed by atoms with Gasteiger partial charge in [-0.1, -0.05) is 18.2 Å². The van der Waals surface area contributed by atoms with E-state index in [-0.39, 0.29) is 16.4 Å². The summed E-state index contributed by atoms with van der Waals surface area (Å²) in [7, 11) is -5.70. The van der Waals surface area contributed by atoms with E-state index in [1.54, 1.807) is 12.1 Å². The van der Waals surface area contributed by atoms with Gasteiger partial charge in [0.25, 0.3) is 0 Å². The molecule has 2 aliphatic rings. The zero-order chi connectivity index (χ0) is 21.4. The van der Waals surface area contributed by atoms with E-state index in [2.05, 4.69) is 4.90 Å². The van der Waals surface area contributed by atoms with Crippen molar-refractivity contribution in [2.24, 2.45) is 0 Å². The highest BCUT2D eigenvalue weighted by Crippen LogP contribution is 2.31. The fourth-order valence-electron chi connectivity index (χ4n) is 4.32. The van der Waals surface area contributed by atoms with Crippen molar-refractivity contribution in [3.63, 3.8) is 0 Å². The Morgan fingerprint density at radius 2 is 1.53 bits per heavy atom. The summed E-state index contributed by atoms with van der Waals surface area (Å²) in [6, 6.07) is 15.7. The third-order valence-corrected chi connectivity index (χ3v) is 10.1. The number of nitrogens with zero attached hydrogens (tertiary/aromatic N) is 2. The van der Waals surface area contributed by atoms with Crippen molar-refractivity contribution in [1.82, 2.24) is 4.90 Å². The Labute approximate surface area is 178 Å². The van der Waals surface area contributed by atoms with Crippen LogP contribution in [-0.4, -0.2) is 77.8 Å². The predicted molar refractivity (Wildman–Crippen MR) is 117 cm³/mol. The molecule has 2 aromatic rings. The van der Waals surface area contributed by atoms with E-state index in [4.69, 9.17) is 4.74 Å². The summed E-state index contributed by atoms with van der Waals surface area (Å²) in [5.74, 6) is 0.116. The molecule has 162 valence electrons. The SMILES string of the molecule is COc1ccc(S(=O)(=O)[C@H]2CS(=O)(=O)C[C@@H]2N2CCN(c3ccccc3)CC2)cc1. The first-order chi connectivity index (χ1) is 14.3. The zero-order valence-corrected chi connectivity index (χ0v) is 18.5. The first-order valence-electron chi connectivity index (χ1n) is 9.92. The number of benzene rings is 2. The summed E-state index contributed by atoms with van der Waals surface area (Å²) in [5, 5.41) is -0.959. The molecule has 7 nitrogen and oxygen atoms in total. The minimum Gasteiger partial charge on any atom is -0.497 e. The van der Waals surface area contributed by atoms with Crippen molar-refractivity contribution in [2.45, 2.75) is 16.2 Å². The summed E-state index contributed by atoms with van der Waals surface area (Å²) in [4.78, 5) is 4.42. The van der Waals surface area contributed by atoms with Crippen LogP contribution in [0.25, 0.3) is 0 Å². The van der Waals surface area contributed by atoms with E-state index in [0.717, 1.165) is 18.8 Å². The normalized spacial score (nSPS) is 24.6. The van der Waals surface area contributed by atoms with Crippen LogP contribution < -0.4 is 9.64 Å². The number of hydrogen-bond donors (Lipinski definition) is 0. The monoisotopic (exact) mass is 450 g/mol. The average molecular weight is 451 g/mol. The number of piperazine rings is 1. The lowest BCUT2D eigenvalue weighted by molar-refractivity contribution is 0.201. The first-order valence-corrected chi connectivity index (χ1v) is 13.3. The molecule has 0 aliphatic carbocycles. The van der Waals surface area contributed by atoms with Crippen LogP contribution in [0.2, 0.25) is 0 Å². The van der Waals surface area contributed by atoms with Crippen LogP contribution in [-0.2, 0) is 19.7 Å². The molecule has 0 radical (unpaired) electrons. The van der Waals surface area contributed by atoms with E-state index in [1.165, 1.54) is 19.2 Å². The number of methoxy groups -OCH3 is 1. The number of ether oxygens (including phenoxy) is 1. The third-order valence-electron chi connectivity index (χ3n) is 5.96. The minimum atomic E-state index is -3.79. The smallest absolute Gasteiger partial charge is 0.183 e. The highest BCUT2D eigenvalue weighted by atomic mass is 32.2. The predicted octanol–water partition coefficient (Wildman–Crippen LogP) is 1.46.